The molecule has 1 aromatic carbocycles. The largest absolute Gasteiger partial charge is 0.495 e. The number of carbonyl (C=O) groups excluding carboxylic acids is 1. The first-order valence-electron chi connectivity index (χ1n) is 8.30. The molecule has 140 valence electrons. The van der Waals surface area contributed by atoms with Crippen LogP contribution in [0.3, 0.4) is 0 Å². The zero-order valence-electron chi connectivity index (χ0n) is 15.0. The van der Waals surface area contributed by atoms with Gasteiger partial charge in [0.15, 0.2) is 9.84 Å². The van der Waals surface area contributed by atoms with Crippen molar-refractivity contribution in [2.45, 2.75) is 39.3 Å². The number of halogens is 1. The van der Waals surface area contributed by atoms with E-state index in [-0.39, 0.29) is 23.5 Å². The Morgan fingerprint density at radius 2 is 2.16 bits per heavy atom. The van der Waals surface area contributed by atoms with Crippen LogP contribution in [0.4, 0.5) is 5.69 Å². The van der Waals surface area contributed by atoms with Crippen molar-refractivity contribution in [3.05, 3.63) is 22.7 Å². The maximum Gasteiger partial charge on any atom is 0.245 e. The number of amides is 1. The Balaban J connectivity index is 2.15. The van der Waals surface area contributed by atoms with Gasteiger partial charge < -0.3 is 15.0 Å². The molecule has 1 heterocycles. The van der Waals surface area contributed by atoms with E-state index in [4.69, 9.17) is 16.3 Å². The fraction of sp³-hybridized carbons (Fsp3) is 0.588. The lowest BCUT2D eigenvalue weighted by Gasteiger charge is -2.30. The van der Waals surface area contributed by atoms with Crippen molar-refractivity contribution >= 4 is 33.0 Å². The highest BCUT2D eigenvalue weighted by molar-refractivity contribution is 7.91. The van der Waals surface area contributed by atoms with Gasteiger partial charge in [0.25, 0.3) is 0 Å². The standard InChI is InChI=1S/C17H25ClN2O4S/c1-5-20(13-6-7-25(22,23)10-13)17(21)12(3)19-15-8-11(2)14(18)9-16(15)24-4/h8-9,12-13,19H,5-7,10H2,1-4H3/t12-,13-/m0/s1. The Hall–Kier alpha value is -1.47. The zero-order chi connectivity index (χ0) is 18.8. The van der Waals surface area contributed by atoms with Gasteiger partial charge in [-0.2, -0.15) is 0 Å². The summed E-state index contributed by atoms with van der Waals surface area (Å²) in [5.74, 6) is 0.622. The van der Waals surface area contributed by atoms with Gasteiger partial charge in [-0.1, -0.05) is 11.6 Å². The molecule has 1 fully saturated rings. The molecule has 2 atom stereocenters. The third-order valence-electron chi connectivity index (χ3n) is 4.50. The molecule has 1 amide bonds. The van der Waals surface area contributed by atoms with Crippen LogP contribution in [0, 0.1) is 6.92 Å². The lowest BCUT2D eigenvalue weighted by Crippen LogP contribution is -2.47. The molecular formula is C17H25ClN2O4S. The SMILES string of the molecule is CCN(C(=O)[C@H](C)Nc1cc(C)c(Cl)cc1OC)[C@H]1CCS(=O)(=O)C1. The highest BCUT2D eigenvalue weighted by Crippen LogP contribution is 2.31. The monoisotopic (exact) mass is 388 g/mol. The normalized spacial score (nSPS) is 20.1. The van der Waals surface area contributed by atoms with Crippen LogP contribution in [0.1, 0.15) is 25.8 Å². The van der Waals surface area contributed by atoms with E-state index < -0.39 is 15.9 Å². The number of benzene rings is 1. The molecule has 0 spiro atoms. The highest BCUT2D eigenvalue weighted by atomic mass is 35.5. The molecule has 1 saturated heterocycles. The van der Waals surface area contributed by atoms with Crippen molar-refractivity contribution in [3.63, 3.8) is 0 Å². The van der Waals surface area contributed by atoms with Gasteiger partial charge in [-0.3, -0.25) is 4.79 Å². The quantitative estimate of drug-likeness (QED) is 0.810. The smallest absolute Gasteiger partial charge is 0.245 e. The summed E-state index contributed by atoms with van der Waals surface area (Å²) in [5, 5.41) is 3.75. The number of hydrogen-bond donors (Lipinski definition) is 1. The van der Waals surface area contributed by atoms with Gasteiger partial charge in [-0.15, -0.1) is 0 Å². The summed E-state index contributed by atoms with van der Waals surface area (Å²) in [6.45, 7) is 5.98. The van der Waals surface area contributed by atoms with Gasteiger partial charge in [0.1, 0.15) is 11.8 Å². The number of sulfone groups is 1. The van der Waals surface area contributed by atoms with Crippen LogP contribution in [-0.4, -0.2) is 56.5 Å². The number of rotatable bonds is 6. The minimum absolute atomic E-state index is 0.0443. The first-order valence-corrected chi connectivity index (χ1v) is 10.5. The number of ether oxygens (including phenoxy) is 1. The van der Waals surface area contributed by atoms with Gasteiger partial charge in [-0.05, 0) is 38.8 Å². The van der Waals surface area contributed by atoms with Crippen molar-refractivity contribution in [1.82, 2.24) is 4.90 Å². The fourth-order valence-corrected chi connectivity index (χ4v) is 4.99. The lowest BCUT2D eigenvalue weighted by molar-refractivity contribution is -0.133. The summed E-state index contributed by atoms with van der Waals surface area (Å²) in [6.07, 6.45) is 0.498. The van der Waals surface area contributed by atoms with E-state index in [0.29, 0.717) is 29.4 Å². The van der Waals surface area contributed by atoms with Crippen molar-refractivity contribution < 1.29 is 17.9 Å². The summed E-state index contributed by atoms with van der Waals surface area (Å²) < 4.78 is 28.8. The maximum atomic E-state index is 12.8. The molecule has 0 unspecified atom stereocenters. The van der Waals surface area contributed by atoms with Gasteiger partial charge in [0, 0.05) is 23.7 Å². The molecule has 1 aliphatic rings. The van der Waals surface area contributed by atoms with Crippen LogP contribution in [0.15, 0.2) is 12.1 Å². The lowest BCUT2D eigenvalue weighted by atomic mass is 10.1. The van der Waals surface area contributed by atoms with Crippen molar-refractivity contribution in [1.29, 1.82) is 0 Å². The minimum atomic E-state index is -3.04. The van der Waals surface area contributed by atoms with Crippen LogP contribution in [0.2, 0.25) is 5.02 Å². The van der Waals surface area contributed by atoms with E-state index in [1.807, 2.05) is 19.9 Å². The topological polar surface area (TPSA) is 75.7 Å². The molecule has 1 aromatic rings. The molecule has 0 saturated carbocycles. The van der Waals surface area contributed by atoms with E-state index in [9.17, 15) is 13.2 Å². The average molecular weight is 389 g/mol. The third-order valence-corrected chi connectivity index (χ3v) is 6.65. The highest BCUT2D eigenvalue weighted by Gasteiger charge is 2.35. The molecule has 1 N–H and O–H groups in total. The van der Waals surface area contributed by atoms with Gasteiger partial charge >= 0.3 is 0 Å². The Morgan fingerprint density at radius 3 is 2.68 bits per heavy atom. The molecule has 1 aliphatic heterocycles. The summed E-state index contributed by atoms with van der Waals surface area (Å²) in [5.41, 5.74) is 1.55. The molecule has 6 nitrogen and oxygen atoms in total. The Morgan fingerprint density at radius 1 is 1.48 bits per heavy atom. The van der Waals surface area contributed by atoms with Crippen LogP contribution < -0.4 is 10.1 Å². The van der Waals surface area contributed by atoms with Gasteiger partial charge in [-0.25, -0.2) is 8.42 Å². The van der Waals surface area contributed by atoms with Crippen LogP contribution in [0.25, 0.3) is 0 Å². The first kappa shape index (κ1) is 19.8. The minimum Gasteiger partial charge on any atom is -0.495 e. The number of nitrogens with one attached hydrogen (secondary N) is 1. The molecular weight excluding hydrogens is 364 g/mol. The van der Waals surface area contributed by atoms with Crippen LogP contribution >= 0.6 is 11.6 Å². The maximum absolute atomic E-state index is 12.8. The fourth-order valence-electron chi connectivity index (χ4n) is 3.10. The van der Waals surface area contributed by atoms with Crippen LogP contribution in [0.5, 0.6) is 5.75 Å². The molecule has 0 aliphatic carbocycles. The Kier molecular flexibility index (Phi) is 6.21. The van der Waals surface area contributed by atoms with E-state index >= 15 is 0 Å². The van der Waals surface area contributed by atoms with Gasteiger partial charge in [0.2, 0.25) is 5.91 Å². The van der Waals surface area contributed by atoms with Gasteiger partial charge in [0.05, 0.1) is 24.3 Å². The number of likely N-dealkylation sites (N-methyl/N-ethyl adjacent to an activating group) is 1. The van der Waals surface area contributed by atoms with Crippen LogP contribution in [-0.2, 0) is 14.6 Å². The molecule has 0 radical (unpaired) electrons. The molecule has 2 rings (SSSR count). The number of aryl methyl sites for hydroxylation is 1. The zero-order valence-corrected chi connectivity index (χ0v) is 16.6. The molecule has 0 aromatic heterocycles. The summed E-state index contributed by atoms with van der Waals surface area (Å²) in [6, 6.07) is 2.78. The molecule has 25 heavy (non-hydrogen) atoms. The summed E-state index contributed by atoms with van der Waals surface area (Å²) >= 11 is 6.11. The first-order chi connectivity index (χ1) is 11.7. The van der Waals surface area contributed by atoms with Crippen molar-refractivity contribution in [2.24, 2.45) is 0 Å². The number of carbonyl (C=O) groups is 1. The summed E-state index contributed by atoms with van der Waals surface area (Å²) in [7, 11) is -1.50. The van der Waals surface area contributed by atoms with Crippen molar-refractivity contribution in [3.8, 4) is 5.75 Å². The number of hydrogen-bond acceptors (Lipinski definition) is 5. The second-order valence-corrected chi connectivity index (χ2v) is 8.98. The van der Waals surface area contributed by atoms with E-state index in [2.05, 4.69) is 5.32 Å². The molecule has 8 heteroatoms. The Labute approximate surface area is 154 Å². The van der Waals surface area contributed by atoms with E-state index in [0.717, 1.165) is 5.56 Å². The predicted molar refractivity (Wildman–Crippen MR) is 100 cm³/mol. The third kappa shape index (κ3) is 4.58. The second-order valence-electron chi connectivity index (χ2n) is 6.35. The Bertz CT molecular complexity index is 751. The number of methoxy groups -OCH3 is 1. The summed E-state index contributed by atoms with van der Waals surface area (Å²) in [4.78, 5) is 14.5. The number of nitrogens with zero attached hydrogens (tertiary/aromatic N) is 1. The predicted octanol–water partition coefficient (Wildman–Crippen LogP) is 2.49. The second kappa shape index (κ2) is 7.83. The average Bonchev–Trinajstić information content (AvgIpc) is 2.90. The van der Waals surface area contributed by atoms with E-state index in [1.165, 1.54) is 0 Å². The van der Waals surface area contributed by atoms with E-state index in [1.54, 1.807) is 25.0 Å². The number of anilines is 1. The van der Waals surface area contributed by atoms with Crippen molar-refractivity contribution in [2.75, 3.05) is 30.5 Å². The molecule has 0 bridgehead atoms.